The van der Waals surface area contributed by atoms with E-state index in [-0.39, 0.29) is 5.91 Å². The van der Waals surface area contributed by atoms with Crippen molar-refractivity contribution in [1.82, 2.24) is 4.98 Å². The van der Waals surface area contributed by atoms with Crippen LogP contribution in [-0.4, -0.2) is 10.9 Å². The van der Waals surface area contributed by atoms with Crippen LogP contribution in [0.2, 0.25) is 0 Å². The van der Waals surface area contributed by atoms with Gasteiger partial charge in [-0.2, -0.15) is 0 Å². The number of anilines is 1. The van der Waals surface area contributed by atoms with Crippen molar-refractivity contribution < 1.29 is 9.21 Å². The standard InChI is InChI=1S/C25H26N2O2S/c1-4-18-9-12-22-23(14-18)30-25(26-22)27(16-21-6-5-13-29-21)24(28)15-19-7-10-20(11-8-19)17(2)3/h5-14,17H,4,15-16H2,1-3H3. The first-order valence-electron chi connectivity index (χ1n) is 10.3. The first-order chi connectivity index (χ1) is 14.5. The van der Waals surface area contributed by atoms with Crippen LogP contribution in [0.1, 0.15) is 49.1 Å². The summed E-state index contributed by atoms with van der Waals surface area (Å²) in [6.45, 7) is 6.85. The summed E-state index contributed by atoms with van der Waals surface area (Å²) in [5.41, 5.74) is 4.47. The zero-order chi connectivity index (χ0) is 21.1. The lowest BCUT2D eigenvalue weighted by atomic mass is 10.0. The molecule has 0 atom stereocenters. The minimum Gasteiger partial charge on any atom is -0.467 e. The Morgan fingerprint density at radius 3 is 2.53 bits per heavy atom. The first kappa shape index (κ1) is 20.4. The maximum absolute atomic E-state index is 13.3. The molecule has 2 aromatic heterocycles. The third-order valence-electron chi connectivity index (χ3n) is 5.28. The Labute approximate surface area is 181 Å². The molecule has 2 aromatic carbocycles. The highest BCUT2D eigenvalue weighted by molar-refractivity contribution is 7.22. The molecule has 0 aliphatic carbocycles. The van der Waals surface area contributed by atoms with Gasteiger partial charge < -0.3 is 4.42 Å². The van der Waals surface area contributed by atoms with Gasteiger partial charge in [-0.1, -0.05) is 62.4 Å². The van der Waals surface area contributed by atoms with Crippen LogP contribution in [0, 0.1) is 0 Å². The normalized spacial score (nSPS) is 11.3. The van der Waals surface area contributed by atoms with Crippen molar-refractivity contribution in [3.63, 3.8) is 0 Å². The van der Waals surface area contributed by atoms with E-state index in [2.05, 4.69) is 45.0 Å². The van der Waals surface area contributed by atoms with Gasteiger partial charge in [0.25, 0.3) is 0 Å². The van der Waals surface area contributed by atoms with E-state index in [9.17, 15) is 4.79 Å². The number of carbonyl (C=O) groups excluding carboxylic acids is 1. The SMILES string of the molecule is CCc1ccc2nc(N(Cc3ccco3)C(=O)Cc3ccc(C(C)C)cc3)sc2c1. The van der Waals surface area contributed by atoms with Crippen molar-refractivity contribution in [3.05, 3.63) is 83.3 Å². The summed E-state index contributed by atoms with van der Waals surface area (Å²) in [6.07, 6.45) is 2.94. The largest absolute Gasteiger partial charge is 0.467 e. The average Bonchev–Trinajstić information content (AvgIpc) is 3.41. The predicted molar refractivity (Wildman–Crippen MR) is 123 cm³/mol. The molecule has 4 aromatic rings. The molecule has 0 fully saturated rings. The van der Waals surface area contributed by atoms with Gasteiger partial charge in [-0.15, -0.1) is 0 Å². The van der Waals surface area contributed by atoms with Gasteiger partial charge in [0.05, 0.1) is 29.4 Å². The molecular formula is C25H26N2O2S. The van der Waals surface area contributed by atoms with Crippen LogP contribution in [0.15, 0.2) is 65.3 Å². The summed E-state index contributed by atoms with van der Waals surface area (Å²) < 4.78 is 6.62. The molecule has 4 rings (SSSR count). The number of benzene rings is 2. The minimum absolute atomic E-state index is 0.0125. The number of nitrogens with zero attached hydrogens (tertiary/aromatic N) is 2. The van der Waals surface area contributed by atoms with Gasteiger partial charge in [-0.25, -0.2) is 4.98 Å². The van der Waals surface area contributed by atoms with E-state index >= 15 is 0 Å². The van der Waals surface area contributed by atoms with Gasteiger partial charge in [-0.3, -0.25) is 9.69 Å². The van der Waals surface area contributed by atoms with Gasteiger partial charge in [-0.05, 0) is 53.3 Å². The predicted octanol–water partition coefficient (Wildman–Crippen LogP) is 6.35. The van der Waals surface area contributed by atoms with Crippen molar-refractivity contribution in [1.29, 1.82) is 0 Å². The van der Waals surface area contributed by atoms with Crippen LogP contribution in [-0.2, 0) is 24.2 Å². The fourth-order valence-corrected chi connectivity index (χ4v) is 4.45. The van der Waals surface area contributed by atoms with Gasteiger partial charge in [0, 0.05) is 0 Å². The molecule has 0 bridgehead atoms. The van der Waals surface area contributed by atoms with Crippen molar-refractivity contribution >= 4 is 32.6 Å². The van der Waals surface area contributed by atoms with Crippen LogP contribution in [0.5, 0.6) is 0 Å². The number of rotatable bonds is 7. The van der Waals surface area contributed by atoms with Gasteiger partial charge in [0.2, 0.25) is 5.91 Å². The lowest BCUT2D eigenvalue weighted by Gasteiger charge is -2.19. The highest BCUT2D eigenvalue weighted by Gasteiger charge is 2.22. The zero-order valence-corrected chi connectivity index (χ0v) is 18.4. The summed E-state index contributed by atoms with van der Waals surface area (Å²) in [5, 5.41) is 0.707. The maximum atomic E-state index is 13.3. The second kappa shape index (κ2) is 8.84. The molecule has 1 amide bonds. The summed E-state index contributed by atoms with van der Waals surface area (Å²) in [6, 6.07) is 18.3. The second-order valence-electron chi connectivity index (χ2n) is 7.78. The molecule has 0 radical (unpaired) electrons. The molecule has 0 saturated carbocycles. The Bertz CT molecular complexity index is 1130. The van der Waals surface area contributed by atoms with Crippen molar-refractivity contribution in [2.75, 3.05) is 4.90 Å². The number of hydrogen-bond acceptors (Lipinski definition) is 4. The number of aromatic nitrogens is 1. The molecule has 5 heteroatoms. The van der Waals surface area contributed by atoms with Crippen molar-refractivity contribution in [2.24, 2.45) is 0 Å². The summed E-state index contributed by atoms with van der Waals surface area (Å²) in [7, 11) is 0. The number of thiazole rings is 1. The highest BCUT2D eigenvalue weighted by atomic mass is 32.1. The zero-order valence-electron chi connectivity index (χ0n) is 17.6. The molecule has 0 N–H and O–H groups in total. The van der Waals surface area contributed by atoms with E-state index in [1.165, 1.54) is 11.1 Å². The molecule has 30 heavy (non-hydrogen) atoms. The van der Waals surface area contributed by atoms with Crippen LogP contribution < -0.4 is 4.90 Å². The molecule has 0 spiro atoms. The fourth-order valence-electron chi connectivity index (χ4n) is 3.40. The number of amides is 1. The smallest absolute Gasteiger partial charge is 0.233 e. The second-order valence-corrected chi connectivity index (χ2v) is 8.79. The van der Waals surface area contributed by atoms with Crippen LogP contribution in [0.4, 0.5) is 5.13 Å². The maximum Gasteiger partial charge on any atom is 0.233 e. The Balaban J connectivity index is 1.63. The van der Waals surface area contributed by atoms with E-state index in [4.69, 9.17) is 9.40 Å². The van der Waals surface area contributed by atoms with Gasteiger partial charge in [0.15, 0.2) is 5.13 Å². The van der Waals surface area contributed by atoms with Crippen LogP contribution in [0.3, 0.4) is 0 Å². The Kier molecular flexibility index (Phi) is 6.00. The first-order valence-corrected chi connectivity index (χ1v) is 11.2. The molecular weight excluding hydrogens is 392 g/mol. The third kappa shape index (κ3) is 4.46. The molecule has 0 aliphatic rings. The molecule has 0 saturated heterocycles. The minimum atomic E-state index is 0.0125. The van der Waals surface area contributed by atoms with Gasteiger partial charge in [0.1, 0.15) is 5.76 Å². The third-order valence-corrected chi connectivity index (χ3v) is 6.32. The number of aryl methyl sites for hydroxylation is 1. The molecule has 4 nitrogen and oxygen atoms in total. The summed E-state index contributed by atoms with van der Waals surface area (Å²) in [5.74, 6) is 1.23. The van der Waals surface area contributed by atoms with E-state index in [1.54, 1.807) is 22.5 Å². The summed E-state index contributed by atoms with van der Waals surface area (Å²) in [4.78, 5) is 19.8. The number of fused-ring (bicyclic) bond motifs is 1. The summed E-state index contributed by atoms with van der Waals surface area (Å²) >= 11 is 1.55. The lowest BCUT2D eigenvalue weighted by Crippen LogP contribution is -2.31. The molecule has 0 aliphatic heterocycles. The topological polar surface area (TPSA) is 46.3 Å². The van der Waals surface area contributed by atoms with Crippen molar-refractivity contribution in [3.8, 4) is 0 Å². The monoisotopic (exact) mass is 418 g/mol. The van der Waals surface area contributed by atoms with E-state index < -0.39 is 0 Å². The van der Waals surface area contributed by atoms with Crippen LogP contribution >= 0.6 is 11.3 Å². The lowest BCUT2D eigenvalue weighted by molar-refractivity contribution is -0.118. The van der Waals surface area contributed by atoms with Crippen molar-refractivity contribution in [2.45, 2.75) is 46.1 Å². The number of hydrogen-bond donors (Lipinski definition) is 0. The van der Waals surface area contributed by atoms with Crippen LogP contribution in [0.25, 0.3) is 10.2 Å². The molecule has 2 heterocycles. The Morgan fingerprint density at radius 1 is 1.10 bits per heavy atom. The van der Waals surface area contributed by atoms with E-state index in [1.807, 2.05) is 30.3 Å². The quantitative estimate of drug-likeness (QED) is 0.351. The highest BCUT2D eigenvalue weighted by Crippen LogP contribution is 2.31. The van der Waals surface area contributed by atoms with E-state index in [0.717, 1.165) is 28.0 Å². The molecule has 0 unspecified atom stereocenters. The Hall–Kier alpha value is -2.92. The van der Waals surface area contributed by atoms with Gasteiger partial charge >= 0.3 is 0 Å². The fraction of sp³-hybridized carbons (Fsp3) is 0.280. The molecule has 154 valence electrons. The Morgan fingerprint density at radius 2 is 1.87 bits per heavy atom. The van der Waals surface area contributed by atoms with E-state index in [0.29, 0.717) is 24.0 Å². The number of furan rings is 1. The average molecular weight is 419 g/mol. The number of carbonyl (C=O) groups is 1.